The van der Waals surface area contributed by atoms with E-state index in [9.17, 15) is 14.0 Å². The van der Waals surface area contributed by atoms with E-state index in [1.54, 1.807) is 23.7 Å². The van der Waals surface area contributed by atoms with E-state index < -0.39 is 5.91 Å². The first-order chi connectivity index (χ1) is 17.5. The highest BCUT2D eigenvalue weighted by Crippen LogP contribution is 2.41. The van der Waals surface area contributed by atoms with Crippen molar-refractivity contribution in [2.75, 3.05) is 32.7 Å². The van der Waals surface area contributed by atoms with Gasteiger partial charge in [0, 0.05) is 36.3 Å². The smallest absolute Gasteiger partial charge is 0.284 e. The second kappa shape index (κ2) is 11.4. The summed E-state index contributed by atoms with van der Waals surface area (Å²) < 4.78 is 13.1. The standard InChI is InChI=1S/C27H35FN4O3S/c28-21-5-3-19(4-6-21)22-15-23(22)29-16-18-7-11-31(12-8-18)10-1-2-26(33)32-13-9-24-20(17-32)14-25(36-24)27(34)30-35/h3-6,14,18,22-23,29,35H,1-2,7-13,15-17H2,(H,30,34). The number of carbonyl (C=O) groups excluding carboxylic acids is 2. The van der Waals surface area contributed by atoms with Gasteiger partial charge in [-0.25, -0.2) is 9.87 Å². The summed E-state index contributed by atoms with van der Waals surface area (Å²) in [7, 11) is 0. The van der Waals surface area contributed by atoms with Gasteiger partial charge in [-0.1, -0.05) is 12.1 Å². The summed E-state index contributed by atoms with van der Waals surface area (Å²) in [5.41, 5.74) is 3.93. The van der Waals surface area contributed by atoms with Crippen molar-refractivity contribution in [3.63, 3.8) is 0 Å². The quantitative estimate of drug-likeness (QED) is 0.352. The van der Waals surface area contributed by atoms with E-state index in [1.807, 2.05) is 17.0 Å². The zero-order chi connectivity index (χ0) is 25.1. The number of hydroxylamine groups is 1. The molecule has 7 nitrogen and oxygen atoms in total. The molecular weight excluding hydrogens is 479 g/mol. The number of benzene rings is 1. The molecule has 0 bridgehead atoms. The van der Waals surface area contributed by atoms with Crippen LogP contribution in [0.25, 0.3) is 0 Å². The Kier molecular flexibility index (Phi) is 8.00. The first-order valence-electron chi connectivity index (χ1n) is 13.0. The van der Waals surface area contributed by atoms with Crippen LogP contribution in [0.5, 0.6) is 0 Å². The van der Waals surface area contributed by atoms with E-state index in [0.717, 1.165) is 55.9 Å². The summed E-state index contributed by atoms with van der Waals surface area (Å²) in [6, 6.07) is 9.23. The lowest BCUT2D eigenvalue weighted by molar-refractivity contribution is -0.132. The number of rotatable bonds is 9. The Morgan fingerprint density at radius 3 is 2.67 bits per heavy atom. The van der Waals surface area contributed by atoms with Crippen molar-refractivity contribution in [1.29, 1.82) is 0 Å². The highest BCUT2D eigenvalue weighted by Gasteiger charge is 2.38. The van der Waals surface area contributed by atoms with E-state index in [1.165, 1.54) is 29.7 Å². The summed E-state index contributed by atoms with van der Waals surface area (Å²) in [4.78, 5) is 30.4. The molecule has 1 saturated heterocycles. The number of carbonyl (C=O) groups is 2. The van der Waals surface area contributed by atoms with Gasteiger partial charge in [-0.05, 0) is 93.5 Å². The van der Waals surface area contributed by atoms with Gasteiger partial charge in [-0.2, -0.15) is 0 Å². The van der Waals surface area contributed by atoms with Crippen molar-refractivity contribution in [3.05, 3.63) is 57.0 Å². The van der Waals surface area contributed by atoms with Gasteiger partial charge in [0.1, 0.15) is 5.82 Å². The molecule has 194 valence electrons. The van der Waals surface area contributed by atoms with E-state index in [2.05, 4.69) is 10.2 Å². The molecule has 1 saturated carbocycles. The van der Waals surface area contributed by atoms with Crippen molar-refractivity contribution in [2.24, 2.45) is 5.92 Å². The van der Waals surface area contributed by atoms with Gasteiger partial charge in [0.2, 0.25) is 5.91 Å². The third-order valence-electron chi connectivity index (χ3n) is 7.87. The average molecular weight is 515 g/mol. The van der Waals surface area contributed by atoms with Crippen LogP contribution in [0.2, 0.25) is 0 Å². The monoisotopic (exact) mass is 514 g/mol. The topological polar surface area (TPSA) is 84.9 Å². The van der Waals surface area contributed by atoms with Crippen LogP contribution in [-0.4, -0.2) is 65.6 Å². The largest absolute Gasteiger partial charge is 0.338 e. The molecule has 36 heavy (non-hydrogen) atoms. The number of nitrogens with one attached hydrogen (secondary N) is 2. The van der Waals surface area contributed by atoms with E-state index in [4.69, 9.17) is 5.21 Å². The first-order valence-corrected chi connectivity index (χ1v) is 13.9. The first kappa shape index (κ1) is 25.3. The maximum atomic E-state index is 13.1. The Balaban J connectivity index is 0.962. The van der Waals surface area contributed by atoms with Crippen LogP contribution >= 0.6 is 11.3 Å². The molecule has 3 heterocycles. The van der Waals surface area contributed by atoms with Gasteiger partial charge in [0.25, 0.3) is 5.91 Å². The van der Waals surface area contributed by atoms with Crippen LogP contribution in [0.3, 0.4) is 0 Å². The Morgan fingerprint density at radius 2 is 1.92 bits per heavy atom. The molecule has 9 heteroatoms. The number of amides is 2. The Morgan fingerprint density at radius 1 is 1.14 bits per heavy atom. The zero-order valence-corrected chi connectivity index (χ0v) is 21.4. The third kappa shape index (κ3) is 6.14. The minimum atomic E-state index is -0.492. The highest BCUT2D eigenvalue weighted by atomic mass is 32.1. The van der Waals surface area contributed by atoms with Crippen LogP contribution in [0, 0.1) is 11.7 Å². The van der Waals surface area contributed by atoms with E-state index >= 15 is 0 Å². The van der Waals surface area contributed by atoms with Crippen molar-refractivity contribution < 1.29 is 19.2 Å². The van der Waals surface area contributed by atoms with Crippen molar-refractivity contribution in [1.82, 2.24) is 20.6 Å². The number of piperidine rings is 1. The molecule has 2 amide bonds. The molecule has 2 aromatic rings. The summed E-state index contributed by atoms with van der Waals surface area (Å²) in [6.45, 7) is 5.42. The molecule has 0 spiro atoms. The normalized spacial score (nSPS) is 22.3. The molecule has 1 aromatic carbocycles. The fourth-order valence-corrected chi connectivity index (χ4v) is 6.61. The SMILES string of the molecule is O=C(NO)c1cc2c(s1)CCN(C(=O)CCCN1CCC(CNC3CC3c3ccc(F)cc3)CC1)C2. The molecule has 2 fully saturated rings. The fraction of sp³-hybridized carbons (Fsp3) is 0.556. The van der Waals surface area contributed by atoms with Gasteiger partial charge in [0.15, 0.2) is 0 Å². The molecule has 3 aliphatic rings. The minimum Gasteiger partial charge on any atom is -0.338 e. The van der Waals surface area contributed by atoms with Gasteiger partial charge in [-0.15, -0.1) is 11.3 Å². The summed E-state index contributed by atoms with van der Waals surface area (Å²) in [6.07, 6.45) is 5.70. The zero-order valence-electron chi connectivity index (χ0n) is 20.5. The van der Waals surface area contributed by atoms with Crippen LogP contribution in [-0.2, 0) is 17.8 Å². The summed E-state index contributed by atoms with van der Waals surface area (Å²) >= 11 is 1.39. The van der Waals surface area contributed by atoms with Crippen LogP contribution in [0.1, 0.15) is 63.7 Å². The molecule has 1 aliphatic carbocycles. The van der Waals surface area contributed by atoms with E-state index in [0.29, 0.717) is 42.3 Å². The number of thiophene rings is 1. The molecule has 3 N–H and O–H groups in total. The number of likely N-dealkylation sites (tertiary alicyclic amines) is 1. The number of hydrogen-bond donors (Lipinski definition) is 3. The number of hydrogen-bond acceptors (Lipinski definition) is 6. The van der Waals surface area contributed by atoms with Crippen LogP contribution < -0.4 is 10.8 Å². The van der Waals surface area contributed by atoms with Gasteiger partial charge in [0.05, 0.1) is 4.88 Å². The molecule has 2 aliphatic heterocycles. The second-order valence-electron chi connectivity index (χ2n) is 10.4. The van der Waals surface area contributed by atoms with E-state index in [-0.39, 0.29) is 11.7 Å². The molecule has 2 atom stereocenters. The number of fused-ring (bicyclic) bond motifs is 1. The Labute approximate surface area is 215 Å². The minimum absolute atomic E-state index is 0.173. The lowest BCUT2D eigenvalue weighted by Gasteiger charge is -2.32. The molecular formula is C27H35FN4O3S. The van der Waals surface area contributed by atoms with Crippen LogP contribution in [0.15, 0.2) is 30.3 Å². The maximum Gasteiger partial charge on any atom is 0.284 e. The third-order valence-corrected chi connectivity index (χ3v) is 9.11. The van der Waals surface area contributed by atoms with Gasteiger partial charge < -0.3 is 15.1 Å². The Bertz CT molecular complexity index is 1070. The number of nitrogens with zero attached hydrogens (tertiary/aromatic N) is 2. The highest BCUT2D eigenvalue weighted by molar-refractivity contribution is 7.14. The lowest BCUT2D eigenvalue weighted by Crippen LogP contribution is -2.39. The molecule has 2 unspecified atom stereocenters. The maximum absolute atomic E-state index is 13.1. The summed E-state index contributed by atoms with van der Waals surface area (Å²) in [5, 5.41) is 12.6. The molecule has 1 aromatic heterocycles. The van der Waals surface area contributed by atoms with Gasteiger partial charge in [-0.3, -0.25) is 14.8 Å². The predicted octanol–water partition coefficient (Wildman–Crippen LogP) is 3.53. The van der Waals surface area contributed by atoms with Crippen molar-refractivity contribution in [3.8, 4) is 0 Å². The lowest BCUT2D eigenvalue weighted by atomic mass is 9.96. The Hall–Kier alpha value is -2.33. The number of halogens is 1. The molecule has 0 radical (unpaired) electrons. The van der Waals surface area contributed by atoms with Crippen molar-refractivity contribution >= 4 is 23.2 Å². The average Bonchev–Trinajstić information content (AvgIpc) is 3.55. The predicted molar refractivity (Wildman–Crippen MR) is 137 cm³/mol. The second-order valence-corrected chi connectivity index (χ2v) is 11.5. The van der Waals surface area contributed by atoms with Gasteiger partial charge >= 0.3 is 0 Å². The van der Waals surface area contributed by atoms with Crippen molar-refractivity contribution in [2.45, 2.75) is 57.0 Å². The summed E-state index contributed by atoms with van der Waals surface area (Å²) in [5.74, 6) is 0.737. The fourth-order valence-electron chi connectivity index (χ4n) is 5.56. The van der Waals surface area contributed by atoms with Crippen LogP contribution in [0.4, 0.5) is 4.39 Å². The molecule has 5 rings (SSSR count).